The molecule has 0 saturated heterocycles. The smallest absolute Gasteiger partial charge is 0.207 e. The van der Waals surface area contributed by atoms with Crippen molar-refractivity contribution in [1.82, 2.24) is 4.98 Å². The van der Waals surface area contributed by atoms with Crippen molar-refractivity contribution in [2.24, 2.45) is 11.0 Å². The molecule has 1 N–H and O–H groups in total. The van der Waals surface area contributed by atoms with Crippen LogP contribution in [0.25, 0.3) is 10.2 Å². The van der Waals surface area contributed by atoms with Crippen LogP contribution in [-0.2, 0) is 0 Å². The summed E-state index contributed by atoms with van der Waals surface area (Å²) >= 11 is 1.71. The van der Waals surface area contributed by atoms with Crippen molar-refractivity contribution in [3.8, 4) is 5.75 Å². The minimum atomic E-state index is 0.306. The van der Waals surface area contributed by atoms with Crippen molar-refractivity contribution >= 4 is 32.9 Å². The molecule has 0 unspecified atom stereocenters. The van der Waals surface area contributed by atoms with E-state index in [2.05, 4.69) is 42.3 Å². The number of phenolic OH excluding ortho intramolecular Hbond substituents is 1. The van der Waals surface area contributed by atoms with Gasteiger partial charge in [-0.25, -0.2) is 9.99 Å². The van der Waals surface area contributed by atoms with Crippen molar-refractivity contribution in [1.29, 1.82) is 0 Å². The van der Waals surface area contributed by atoms with Crippen molar-refractivity contribution in [3.63, 3.8) is 0 Å². The highest BCUT2D eigenvalue weighted by Crippen LogP contribution is 2.39. The molecule has 0 bridgehead atoms. The summed E-state index contributed by atoms with van der Waals surface area (Å²) in [7, 11) is 0. The molecule has 2 saturated carbocycles. The highest BCUT2D eigenvalue weighted by molar-refractivity contribution is 7.22. The fourth-order valence-corrected chi connectivity index (χ4v) is 6.83. The Morgan fingerprint density at radius 2 is 1.82 bits per heavy atom. The summed E-state index contributed by atoms with van der Waals surface area (Å²) in [5.74, 6) is 1.80. The van der Waals surface area contributed by atoms with E-state index in [-0.39, 0.29) is 0 Å². The molecular weight excluding hydrogens is 438 g/mol. The molecule has 180 valence electrons. The number of thiazole rings is 1. The van der Waals surface area contributed by atoms with Crippen molar-refractivity contribution in [2.75, 3.05) is 5.01 Å². The SMILES string of the molecule is CCCC1CCC(c2ccc(O)c(/C=N/N(c3nc4ccccc4s3)C3CCCCC3)c2)CC1. The molecule has 0 radical (unpaired) electrons. The monoisotopic (exact) mass is 475 g/mol. The maximum absolute atomic E-state index is 10.6. The summed E-state index contributed by atoms with van der Waals surface area (Å²) in [5, 5.41) is 18.7. The Balaban J connectivity index is 1.39. The van der Waals surface area contributed by atoms with E-state index in [9.17, 15) is 5.11 Å². The third-order valence-corrected chi connectivity index (χ3v) is 8.81. The van der Waals surface area contributed by atoms with E-state index in [1.807, 2.05) is 18.3 Å². The first-order chi connectivity index (χ1) is 16.7. The molecule has 3 aromatic rings. The predicted molar refractivity (Wildman–Crippen MR) is 144 cm³/mol. The largest absolute Gasteiger partial charge is 0.507 e. The number of benzene rings is 2. The van der Waals surface area contributed by atoms with Crippen molar-refractivity contribution in [3.05, 3.63) is 53.6 Å². The zero-order chi connectivity index (χ0) is 23.3. The van der Waals surface area contributed by atoms with Gasteiger partial charge in [0.15, 0.2) is 0 Å². The van der Waals surface area contributed by atoms with Gasteiger partial charge in [0.2, 0.25) is 5.13 Å². The van der Waals surface area contributed by atoms with E-state index in [1.165, 1.54) is 68.1 Å². The normalized spacial score (nSPS) is 21.9. The van der Waals surface area contributed by atoms with Crippen LogP contribution in [0, 0.1) is 5.92 Å². The van der Waals surface area contributed by atoms with E-state index in [0.29, 0.717) is 17.7 Å². The minimum Gasteiger partial charge on any atom is -0.507 e. The van der Waals surface area contributed by atoms with E-state index in [0.717, 1.165) is 35.0 Å². The van der Waals surface area contributed by atoms with Gasteiger partial charge < -0.3 is 5.11 Å². The fourth-order valence-electron chi connectivity index (χ4n) is 5.83. The van der Waals surface area contributed by atoms with Crippen LogP contribution < -0.4 is 5.01 Å². The number of anilines is 1. The predicted octanol–water partition coefficient (Wildman–Crippen LogP) is 8.25. The lowest BCUT2D eigenvalue weighted by molar-refractivity contribution is 0.308. The number of nitrogens with zero attached hydrogens (tertiary/aromatic N) is 3. The third-order valence-electron chi connectivity index (χ3n) is 7.79. The molecule has 1 aromatic heterocycles. The molecule has 2 aromatic carbocycles. The fraction of sp³-hybridized carbons (Fsp3) is 0.517. The average Bonchev–Trinajstić information content (AvgIpc) is 3.30. The molecule has 5 rings (SSSR count). The lowest BCUT2D eigenvalue weighted by Gasteiger charge is -2.30. The summed E-state index contributed by atoms with van der Waals surface area (Å²) in [4.78, 5) is 4.90. The van der Waals surface area contributed by atoms with Gasteiger partial charge in [-0.3, -0.25) is 0 Å². The zero-order valence-corrected chi connectivity index (χ0v) is 21.1. The van der Waals surface area contributed by atoms with E-state index >= 15 is 0 Å². The minimum absolute atomic E-state index is 0.306. The molecule has 4 nitrogen and oxygen atoms in total. The van der Waals surface area contributed by atoms with Crippen LogP contribution in [0.15, 0.2) is 47.6 Å². The molecule has 2 aliphatic carbocycles. The quantitative estimate of drug-likeness (QED) is 0.276. The van der Waals surface area contributed by atoms with Gasteiger partial charge >= 0.3 is 0 Å². The molecule has 5 heteroatoms. The Labute approximate surface area is 207 Å². The van der Waals surface area contributed by atoms with E-state index < -0.39 is 0 Å². The summed E-state index contributed by atoms with van der Waals surface area (Å²) in [6.07, 6.45) is 15.7. The Morgan fingerprint density at radius 1 is 1.03 bits per heavy atom. The number of phenols is 1. The topological polar surface area (TPSA) is 48.7 Å². The Bertz CT molecular complexity index is 1080. The molecule has 2 aliphatic rings. The maximum Gasteiger partial charge on any atom is 0.207 e. The van der Waals surface area contributed by atoms with Gasteiger partial charge in [-0.15, -0.1) is 0 Å². The van der Waals surface area contributed by atoms with Crippen LogP contribution in [0.1, 0.15) is 94.6 Å². The Kier molecular flexibility index (Phi) is 7.48. The Morgan fingerprint density at radius 3 is 2.59 bits per heavy atom. The molecule has 34 heavy (non-hydrogen) atoms. The first-order valence-corrected chi connectivity index (χ1v) is 14.0. The summed E-state index contributed by atoms with van der Waals surface area (Å²) in [6, 6.07) is 14.8. The maximum atomic E-state index is 10.6. The number of hydrogen-bond acceptors (Lipinski definition) is 5. The number of hydrazone groups is 1. The van der Waals surface area contributed by atoms with Gasteiger partial charge in [-0.05, 0) is 80.2 Å². The van der Waals surface area contributed by atoms with Crippen LogP contribution in [0.5, 0.6) is 5.75 Å². The van der Waals surface area contributed by atoms with Crippen LogP contribution in [0.2, 0.25) is 0 Å². The summed E-state index contributed by atoms with van der Waals surface area (Å²) < 4.78 is 1.19. The van der Waals surface area contributed by atoms with Crippen molar-refractivity contribution in [2.45, 2.75) is 89.5 Å². The number of hydrogen-bond donors (Lipinski definition) is 1. The molecule has 0 amide bonds. The van der Waals surface area contributed by atoms with Gasteiger partial charge in [-0.1, -0.05) is 68.6 Å². The molecule has 0 spiro atoms. The van der Waals surface area contributed by atoms with Crippen molar-refractivity contribution < 1.29 is 5.11 Å². The Hall–Kier alpha value is -2.40. The van der Waals surface area contributed by atoms with E-state index in [4.69, 9.17) is 10.1 Å². The van der Waals surface area contributed by atoms with Gasteiger partial charge in [0.05, 0.1) is 22.5 Å². The van der Waals surface area contributed by atoms with Crippen LogP contribution in [0.3, 0.4) is 0 Å². The summed E-state index contributed by atoms with van der Waals surface area (Å²) in [5.41, 5.74) is 3.19. The number of fused-ring (bicyclic) bond motifs is 1. The van der Waals surface area contributed by atoms with Gasteiger partial charge in [0.1, 0.15) is 5.75 Å². The molecule has 1 heterocycles. The van der Waals surface area contributed by atoms with Crippen LogP contribution in [0.4, 0.5) is 5.13 Å². The molecular formula is C29H37N3OS. The number of para-hydroxylation sites is 1. The van der Waals surface area contributed by atoms with Crippen LogP contribution in [-0.4, -0.2) is 22.3 Å². The van der Waals surface area contributed by atoms with Crippen LogP contribution >= 0.6 is 11.3 Å². The van der Waals surface area contributed by atoms with Gasteiger partial charge in [-0.2, -0.15) is 5.10 Å². The first-order valence-electron chi connectivity index (χ1n) is 13.2. The van der Waals surface area contributed by atoms with E-state index in [1.54, 1.807) is 11.3 Å². The lowest BCUT2D eigenvalue weighted by atomic mass is 9.77. The number of aromatic hydroxyl groups is 1. The standard InChI is InChI=1S/C29H37N3OS/c1-2-8-21-13-15-22(16-14-21)23-17-18-27(33)24(19-23)20-30-32(25-9-4-3-5-10-25)29-31-26-11-6-7-12-28(26)34-29/h6-7,11-12,17-22,25,33H,2-5,8-10,13-16H2,1H3/b30-20+. The highest BCUT2D eigenvalue weighted by atomic mass is 32.1. The first kappa shape index (κ1) is 23.3. The molecule has 0 atom stereocenters. The second-order valence-corrected chi connectivity index (χ2v) is 11.2. The highest BCUT2D eigenvalue weighted by Gasteiger charge is 2.25. The average molecular weight is 476 g/mol. The molecule has 0 aliphatic heterocycles. The second kappa shape index (κ2) is 10.9. The number of rotatable bonds is 7. The molecule has 2 fully saturated rings. The van der Waals surface area contributed by atoms with Gasteiger partial charge in [0.25, 0.3) is 0 Å². The number of aromatic nitrogens is 1. The lowest BCUT2D eigenvalue weighted by Crippen LogP contribution is -2.32. The zero-order valence-electron chi connectivity index (χ0n) is 20.3. The summed E-state index contributed by atoms with van der Waals surface area (Å²) in [6.45, 7) is 2.29. The third kappa shape index (κ3) is 5.30. The van der Waals surface area contributed by atoms with Gasteiger partial charge in [0, 0.05) is 5.56 Å². The second-order valence-electron chi connectivity index (χ2n) is 10.2.